The molecule has 0 atom stereocenters. The van der Waals surface area contributed by atoms with E-state index in [0.29, 0.717) is 32.5 Å². The third kappa shape index (κ3) is 4.31. The molecule has 5 nitrogen and oxygen atoms in total. The highest BCUT2D eigenvalue weighted by Crippen LogP contribution is 2.43. The summed E-state index contributed by atoms with van der Waals surface area (Å²) in [7, 11) is 7.91. The van der Waals surface area contributed by atoms with Gasteiger partial charge in [-0.2, -0.15) is 0 Å². The topological polar surface area (TPSA) is 45.7 Å². The van der Waals surface area contributed by atoms with Crippen LogP contribution in [0.25, 0.3) is 33.4 Å². The van der Waals surface area contributed by atoms with Crippen LogP contribution in [0.2, 0.25) is 10.0 Å². The third-order valence-corrected chi connectivity index (χ3v) is 6.27. The van der Waals surface area contributed by atoms with Gasteiger partial charge in [-0.3, -0.25) is 0 Å². The van der Waals surface area contributed by atoms with E-state index in [9.17, 15) is 4.79 Å². The first-order valence-corrected chi connectivity index (χ1v) is 11.3. The van der Waals surface area contributed by atoms with Gasteiger partial charge in [0.15, 0.2) is 0 Å². The Bertz CT molecular complexity index is 1420. The second-order valence-corrected chi connectivity index (χ2v) is 8.97. The average Bonchev–Trinajstić information content (AvgIpc) is 2.78. The summed E-state index contributed by atoms with van der Waals surface area (Å²) in [6.07, 6.45) is 0. The van der Waals surface area contributed by atoms with E-state index in [4.69, 9.17) is 32.4 Å². The number of hydrogen-bond donors (Lipinski definition) is 0. The summed E-state index contributed by atoms with van der Waals surface area (Å²) in [5, 5.41) is 2.51. The maximum Gasteiger partial charge on any atom is 0.338 e. The molecule has 4 rings (SSSR count). The van der Waals surface area contributed by atoms with Gasteiger partial charge >= 0.3 is 5.97 Å². The fourth-order valence-electron chi connectivity index (χ4n) is 3.85. The molecule has 1 heterocycles. The minimum atomic E-state index is -0.456. The number of ether oxygens (including phenoxy) is 1. The van der Waals surface area contributed by atoms with Crippen LogP contribution < -0.4 is 14.8 Å². The number of anilines is 1. The lowest BCUT2D eigenvalue weighted by Gasteiger charge is -2.19. The quantitative estimate of drug-likeness (QED) is 0.209. The first kappa shape index (κ1) is 23.1. The zero-order valence-electron chi connectivity index (χ0n) is 19.2. The van der Waals surface area contributed by atoms with Crippen LogP contribution in [0.15, 0.2) is 52.9 Å². The van der Waals surface area contributed by atoms with Crippen molar-refractivity contribution < 1.29 is 13.9 Å². The number of fused-ring (bicyclic) bond motifs is 2. The molecule has 2 aliphatic rings. The lowest BCUT2D eigenvalue weighted by atomic mass is 9.90. The molecule has 33 heavy (non-hydrogen) atoms. The molecule has 2 aromatic rings. The van der Waals surface area contributed by atoms with E-state index in [-0.39, 0.29) is 6.61 Å². The Morgan fingerprint density at radius 1 is 1.00 bits per heavy atom. The Labute approximate surface area is 202 Å². The Hall–Kier alpha value is -3.02. The van der Waals surface area contributed by atoms with E-state index in [1.165, 1.54) is 0 Å². The Kier molecular flexibility index (Phi) is 6.37. The van der Waals surface area contributed by atoms with Crippen LogP contribution in [-0.2, 0) is 4.74 Å². The summed E-state index contributed by atoms with van der Waals surface area (Å²) >= 11 is 12.7. The fourth-order valence-corrected chi connectivity index (χ4v) is 4.17. The molecule has 0 amide bonds. The van der Waals surface area contributed by atoms with Crippen molar-refractivity contribution in [2.24, 2.45) is 0 Å². The molecule has 1 aliphatic heterocycles. The molecule has 1 aliphatic carbocycles. The van der Waals surface area contributed by atoms with E-state index >= 15 is 0 Å². The van der Waals surface area contributed by atoms with E-state index in [1.54, 1.807) is 19.1 Å². The molecule has 7 heteroatoms. The van der Waals surface area contributed by atoms with Crippen molar-refractivity contribution in [1.29, 1.82) is 0 Å². The first-order chi connectivity index (χ1) is 15.7. The SMILES string of the molecule is CCOC(=O)c1cc(Cl)c(Cl)cc1-c1c2ccc(=[N+](C)C)cc-2oc2cc(N(C)C)ccc12. The number of halogens is 2. The number of esters is 1. The second-order valence-electron chi connectivity index (χ2n) is 8.16. The molecule has 0 radical (unpaired) electrons. The standard InChI is InChI=1S/C26H25Cl2N2O3/c1-6-32-26(31)20-14-22(28)21(27)13-19(20)25-17-9-7-15(29(2)3)11-23(17)33-24-12-16(30(4)5)8-10-18(24)25/h7-14H,6H2,1-5H3/q+1. The lowest BCUT2D eigenvalue weighted by Crippen LogP contribution is -2.21. The van der Waals surface area contributed by atoms with Crippen LogP contribution in [0.4, 0.5) is 5.69 Å². The van der Waals surface area contributed by atoms with Crippen molar-refractivity contribution in [3.05, 3.63) is 69.5 Å². The summed E-state index contributed by atoms with van der Waals surface area (Å²) < 4.78 is 13.7. The second kappa shape index (κ2) is 9.08. The van der Waals surface area contributed by atoms with Crippen LogP contribution in [-0.4, -0.2) is 40.8 Å². The van der Waals surface area contributed by atoms with Crippen molar-refractivity contribution in [2.45, 2.75) is 6.92 Å². The van der Waals surface area contributed by atoms with Crippen LogP contribution in [0.3, 0.4) is 0 Å². The van der Waals surface area contributed by atoms with Gasteiger partial charge in [0.2, 0.25) is 5.36 Å². The largest absolute Gasteiger partial charge is 0.462 e. The maximum absolute atomic E-state index is 12.9. The molecule has 170 valence electrons. The van der Waals surface area contributed by atoms with Crippen LogP contribution in [0, 0.1) is 0 Å². The van der Waals surface area contributed by atoms with Gasteiger partial charge in [-0.25, -0.2) is 9.37 Å². The van der Waals surface area contributed by atoms with Gasteiger partial charge in [-0.15, -0.1) is 0 Å². The molecule has 0 spiro atoms. The number of benzene rings is 3. The van der Waals surface area contributed by atoms with Gasteiger partial charge in [0.25, 0.3) is 0 Å². The predicted octanol–water partition coefficient (Wildman–Crippen LogP) is 5.79. The molecule has 0 saturated heterocycles. The van der Waals surface area contributed by atoms with Gasteiger partial charge < -0.3 is 14.1 Å². The van der Waals surface area contributed by atoms with Gasteiger partial charge in [-0.05, 0) is 42.8 Å². The number of nitrogens with zero attached hydrogens (tertiary/aromatic N) is 2. The zero-order chi connectivity index (χ0) is 23.9. The zero-order valence-corrected chi connectivity index (χ0v) is 20.7. The van der Waals surface area contributed by atoms with Crippen molar-refractivity contribution >= 4 is 45.8 Å². The summed E-state index contributed by atoms with van der Waals surface area (Å²) in [6.45, 7) is 2.02. The third-order valence-electron chi connectivity index (χ3n) is 5.55. The van der Waals surface area contributed by atoms with E-state index in [2.05, 4.69) is 0 Å². The number of carbonyl (C=O) groups excluding carboxylic acids is 1. The Morgan fingerprint density at radius 2 is 1.73 bits per heavy atom. The van der Waals surface area contributed by atoms with Gasteiger partial charge in [-0.1, -0.05) is 23.2 Å². The summed E-state index contributed by atoms with van der Waals surface area (Å²) in [6, 6.07) is 15.3. The lowest BCUT2D eigenvalue weighted by molar-refractivity contribution is 0.0527. The molecule has 0 saturated carbocycles. The minimum absolute atomic E-state index is 0.253. The highest BCUT2D eigenvalue weighted by Gasteiger charge is 2.24. The van der Waals surface area contributed by atoms with Gasteiger partial charge in [0.1, 0.15) is 25.4 Å². The van der Waals surface area contributed by atoms with Crippen LogP contribution in [0.5, 0.6) is 0 Å². The Balaban J connectivity index is 2.17. The van der Waals surface area contributed by atoms with Gasteiger partial charge in [0, 0.05) is 48.4 Å². The van der Waals surface area contributed by atoms with Crippen molar-refractivity contribution in [3.8, 4) is 22.5 Å². The highest BCUT2D eigenvalue weighted by atomic mass is 35.5. The van der Waals surface area contributed by atoms with E-state index in [0.717, 1.165) is 27.6 Å². The molecule has 2 aromatic carbocycles. The first-order valence-electron chi connectivity index (χ1n) is 10.6. The highest BCUT2D eigenvalue weighted by molar-refractivity contribution is 6.42. The minimum Gasteiger partial charge on any atom is -0.462 e. The summed E-state index contributed by atoms with van der Waals surface area (Å²) in [5.41, 5.74) is 4.39. The number of carbonyl (C=O) groups is 1. The van der Waals surface area contributed by atoms with Crippen molar-refractivity contribution in [2.75, 3.05) is 39.7 Å². The van der Waals surface area contributed by atoms with E-state index in [1.807, 2.05) is 74.1 Å². The normalized spacial score (nSPS) is 11.1. The number of rotatable bonds is 4. The van der Waals surface area contributed by atoms with Gasteiger partial charge in [0.05, 0.1) is 28.3 Å². The van der Waals surface area contributed by atoms with Crippen molar-refractivity contribution in [3.63, 3.8) is 0 Å². The molecular formula is C26H25Cl2N2O3+. The molecule has 0 fully saturated rings. The molecule has 0 aromatic heterocycles. The van der Waals surface area contributed by atoms with Crippen molar-refractivity contribution in [1.82, 2.24) is 4.58 Å². The summed E-state index contributed by atoms with van der Waals surface area (Å²) in [4.78, 5) is 14.9. The number of hydrogen-bond acceptors (Lipinski definition) is 4. The molecule has 0 N–H and O–H groups in total. The Morgan fingerprint density at radius 3 is 2.39 bits per heavy atom. The maximum atomic E-state index is 12.9. The molecular weight excluding hydrogens is 459 g/mol. The summed E-state index contributed by atoms with van der Waals surface area (Å²) in [5.74, 6) is 0.239. The molecule has 0 unspecified atom stereocenters. The fraction of sp³-hybridized carbons (Fsp3) is 0.231. The van der Waals surface area contributed by atoms with Crippen LogP contribution in [0.1, 0.15) is 17.3 Å². The monoisotopic (exact) mass is 483 g/mol. The smallest absolute Gasteiger partial charge is 0.338 e. The van der Waals surface area contributed by atoms with Crippen LogP contribution >= 0.6 is 23.2 Å². The molecule has 0 bridgehead atoms. The predicted molar refractivity (Wildman–Crippen MR) is 136 cm³/mol. The van der Waals surface area contributed by atoms with E-state index < -0.39 is 5.97 Å². The average molecular weight is 484 g/mol.